The molecule has 0 radical (unpaired) electrons. The molecule has 168 valence electrons. The van der Waals surface area contributed by atoms with Gasteiger partial charge in [-0.25, -0.2) is 14.4 Å². The van der Waals surface area contributed by atoms with Gasteiger partial charge in [0.2, 0.25) is 5.76 Å². The van der Waals surface area contributed by atoms with Crippen LogP contribution in [0.2, 0.25) is 0 Å². The van der Waals surface area contributed by atoms with Gasteiger partial charge < -0.3 is 28.8 Å². The van der Waals surface area contributed by atoms with Crippen LogP contribution in [0.15, 0.2) is 16.8 Å². The average molecular weight is 428 g/mol. The Morgan fingerprint density at radius 1 is 1.33 bits per heavy atom. The zero-order valence-electron chi connectivity index (χ0n) is 17.8. The number of nitrogens with one attached hydrogen (secondary N) is 1. The third kappa shape index (κ3) is 6.09. The number of cyclic esters (lactones) is 2. The molecule has 30 heavy (non-hydrogen) atoms. The van der Waals surface area contributed by atoms with Crippen LogP contribution in [0.5, 0.6) is 0 Å². The van der Waals surface area contributed by atoms with E-state index in [4.69, 9.17) is 23.7 Å². The molecule has 0 saturated carbocycles. The number of aliphatic hydroxyl groups is 1. The molecule has 2 aliphatic rings. The van der Waals surface area contributed by atoms with Crippen molar-refractivity contribution in [1.82, 2.24) is 5.32 Å². The van der Waals surface area contributed by atoms with E-state index in [1.165, 1.54) is 13.2 Å². The van der Waals surface area contributed by atoms with Crippen LogP contribution < -0.4 is 5.32 Å². The third-order valence-corrected chi connectivity index (χ3v) is 4.38. The van der Waals surface area contributed by atoms with Crippen molar-refractivity contribution in [2.45, 2.75) is 64.6 Å². The van der Waals surface area contributed by atoms with Gasteiger partial charge in [-0.1, -0.05) is 6.92 Å². The number of amides is 1. The summed E-state index contributed by atoms with van der Waals surface area (Å²) in [7, 11) is 1.19. The molecular formula is C19H28N2O9. The quantitative estimate of drug-likeness (QED) is 0.293. The van der Waals surface area contributed by atoms with Crippen molar-refractivity contribution >= 4 is 24.1 Å². The molecule has 0 unspecified atom stereocenters. The van der Waals surface area contributed by atoms with E-state index in [1.807, 2.05) is 0 Å². The van der Waals surface area contributed by atoms with E-state index in [-0.39, 0.29) is 18.2 Å². The Bertz CT molecular complexity index is 741. The molecule has 0 aromatic heterocycles. The molecule has 2 rings (SSSR count). The van der Waals surface area contributed by atoms with Crippen molar-refractivity contribution in [2.24, 2.45) is 10.9 Å². The smallest absolute Gasteiger partial charge is 0.480 e. The lowest BCUT2D eigenvalue weighted by molar-refractivity contribution is -0.147. The Kier molecular flexibility index (Phi) is 7.30. The number of nitrogens with zero attached hydrogens (tertiary/aromatic N) is 1. The summed E-state index contributed by atoms with van der Waals surface area (Å²) in [6.45, 7) is 8.36. The summed E-state index contributed by atoms with van der Waals surface area (Å²) >= 11 is 0. The highest BCUT2D eigenvalue weighted by Crippen LogP contribution is 2.31. The summed E-state index contributed by atoms with van der Waals surface area (Å²) < 4.78 is 25.2. The summed E-state index contributed by atoms with van der Waals surface area (Å²) in [5.41, 5.74) is -0.676. The summed E-state index contributed by atoms with van der Waals surface area (Å²) in [6, 6.07) is -0.652. The maximum absolute atomic E-state index is 12.0. The van der Waals surface area contributed by atoms with Gasteiger partial charge in [0, 0.05) is 5.92 Å². The zero-order chi connectivity index (χ0) is 22.6. The van der Waals surface area contributed by atoms with E-state index >= 15 is 0 Å². The van der Waals surface area contributed by atoms with Gasteiger partial charge in [0.05, 0.1) is 13.2 Å². The molecule has 5 atom stereocenters. The zero-order valence-corrected chi connectivity index (χ0v) is 17.8. The minimum atomic E-state index is -1.28. The topological polar surface area (TPSA) is 142 Å². The molecule has 2 heterocycles. The first-order valence-electron chi connectivity index (χ1n) is 9.44. The van der Waals surface area contributed by atoms with Crippen LogP contribution in [0.4, 0.5) is 9.59 Å². The number of aliphatic hydroxyl groups excluding tert-OH is 1. The Morgan fingerprint density at radius 2 is 2.00 bits per heavy atom. The van der Waals surface area contributed by atoms with Crippen LogP contribution in [0, 0.1) is 5.92 Å². The van der Waals surface area contributed by atoms with Crippen LogP contribution >= 0.6 is 0 Å². The molecule has 2 N–H and O–H groups in total. The highest BCUT2D eigenvalue weighted by atomic mass is 16.8. The van der Waals surface area contributed by atoms with Crippen LogP contribution in [-0.4, -0.2) is 72.8 Å². The Balaban J connectivity index is 2.21. The van der Waals surface area contributed by atoms with E-state index in [1.54, 1.807) is 34.6 Å². The lowest BCUT2D eigenvalue weighted by atomic mass is 9.87. The lowest BCUT2D eigenvalue weighted by Gasteiger charge is -2.36. The molecule has 1 amide bonds. The monoisotopic (exact) mass is 428 g/mol. The molecule has 1 fully saturated rings. The highest BCUT2D eigenvalue weighted by Gasteiger charge is 2.45. The number of hydrogen-bond donors (Lipinski definition) is 2. The van der Waals surface area contributed by atoms with Crippen molar-refractivity contribution in [3.05, 3.63) is 11.8 Å². The Labute approximate surface area is 174 Å². The number of ether oxygens (including phenoxy) is 5. The van der Waals surface area contributed by atoms with Crippen LogP contribution in [0.3, 0.4) is 0 Å². The number of esters is 1. The second kappa shape index (κ2) is 9.33. The minimum Gasteiger partial charge on any atom is -0.480 e. The molecule has 11 heteroatoms. The Hall–Kier alpha value is -2.82. The van der Waals surface area contributed by atoms with Gasteiger partial charge in [-0.05, 0) is 33.8 Å². The number of hydrogen-bond acceptors (Lipinski definition) is 10. The second-order valence-corrected chi connectivity index (χ2v) is 8.00. The molecular weight excluding hydrogens is 400 g/mol. The van der Waals surface area contributed by atoms with Crippen molar-refractivity contribution in [2.75, 3.05) is 13.7 Å². The lowest BCUT2D eigenvalue weighted by Crippen LogP contribution is -2.49. The molecule has 11 nitrogen and oxygen atoms in total. The van der Waals surface area contributed by atoms with E-state index in [0.717, 1.165) is 0 Å². The first-order valence-corrected chi connectivity index (χ1v) is 9.44. The van der Waals surface area contributed by atoms with Crippen molar-refractivity contribution in [3.63, 3.8) is 0 Å². The molecule has 0 bridgehead atoms. The highest BCUT2D eigenvalue weighted by molar-refractivity contribution is 5.94. The first-order chi connectivity index (χ1) is 13.9. The number of methoxy groups -OCH3 is 1. The fourth-order valence-electron chi connectivity index (χ4n) is 2.98. The van der Waals surface area contributed by atoms with Crippen LogP contribution in [0.25, 0.3) is 0 Å². The molecule has 0 aromatic carbocycles. The minimum absolute atomic E-state index is 0.142. The maximum Gasteiger partial charge on any atom is 0.508 e. The van der Waals surface area contributed by atoms with Crippen molar-refractivity contribution in [1.29, 1.82) is 0 Å². The maximum atomic E-state index is 12.0. The molecule has 0 aromatic rings. The van der Waals surface area contributed by atoms with Gasteiger partial charge in [0.1, 0.15) is 30.3 Å². The second-order valence-electron chi connectivity index (χ2n) is 8.00. The SMILES string of the molecule is COC(=O)C1=C[C@H](N=C(C)NC(=O)OC(C)(C)C)[C@@H](C)[C@H]([C@H](O)[C@H]2COC(=O)O2)O1. The van der Waals surface area contributed by atoms with Gasteiger partial charge in [-0.2, -0.15) is 0 Å². The van der Waals surface area contributed by atoms with E-state index in [0.29, 0.717) is 0 Å². The van der Waals surface area contributed by atoms with E-state index in [9.17, 15) is 19.5 Å². The number of carbonyl (C=O) groups is 3. The largest absolute Gasteiger partial charge is 0.508 e. The van der Waals surface area contributed by atoms with Gasteiger partial charge in [-0.15, -0.1) is 0 Å². The summed E-state index contributed by atoms with van der Waals surface area (Å²) in [5.74, 6) is -1.11. The Morgan fingerprint density at radius 3 is 2.53 bits per heavy atom. The normalized spacial score (nSPS) is 27.8. The summed E-state index contributed by atoms with van der Waals surface area (Å²) in [4.78, 5) is 39.6. The van der Waals surface area contributed by atoms with Gasteiger partial charge in [0.15, 0.2) is 6.10 Å². The molecule has 1 saturated heterocycles. The van der Waals surface area contributed by atoms with Crippen molar-refractivity contribution in [3.8, 4) is 0 Å². The fourth-order valence-corrected chi connectivity index (χ4v) is 2.98. The van der Waals surface area contributed by atoms with Gasteiger partial charge in [-0.3, -0.25) is 10.3 Å². The van der Waals surface area contributed by atoms with Crippen LogP contribution in [-0.2, 0) is 28.5 Å². The average Bonchev–Trinajstić information content (AvgIpc) is 3.06. The van der Waals surface area contributed by atoms with Gasteiger partial charge in [0.25, 0.3) is 0 Å². The number of alkyl carbamates (subject to hydrolysis) is 1. The molecule has 2 aliphatic heterocycles. The standard InChI is InChI=1S/C19H28N2O9/c1-9-11(20-10(2)21-17(24)30-19(3,4)5)7-12(16(23)26-6)28-15(9)14(22)13-8-27-18(25)29-13/h7,9,11,13-15,22H,8H2,1-6H3,(H,20,21,24)/t9-,11+,13-,14-,15-/m1/s1. The number of rotatable bonds is 4. The third-order valence-electron chi connectivity index (χ3n) is 4.38. The van der Waals surface area contributed by atoms with E-state index < -0.39 is 54.1 Å². The number of amidine groups is 1. The predicted molar refractivity (Wildman–Crippen MR) is 103 cm³/mol. The van der Waals surface area contributed by atoms with Gasteiger partial charge >= 0.3 is 18.2 Å². The van der Waals surface area contributed by atoms with Crippen LogP contribution in [0.1, 0.15) is 34.6 Å². The van der Waals surface area contributed by atoms with Crippen molar-refractivity contribution < 1.29 is 43.2 Å². The predicted octanol–water partition coefficient (Wildman–Crippen LogP) is 1.29. The molecule has 0 aliphatic carbocycles. The van der Waals surface area contributed by atoms with E-state index in [2.05, 4.69) is 10.3 Å². The number of aliphatic imine (C=N–C) groups is 1. The number of carbonyl (C=O) groups excluding carboxylic acids is 3. The first kappa shape index (κ1) is 23.5. The summed E-state index contributed by atoms with van der Waals surface area (Å²) in [6.07, 6.45) is -3.31. The fraction of sp³-hybridized carbons (Fsp3) is 0.684. The summed E-state index contributed by atoms with van der Waals surface area (Å²) in [5, 5.41) is 13.2. The molecule has 0 spiro atoms.